The average Bonchev–Trinajstić information content (AvgIpc) is 3.15. The lowest BCUT2D eigenvalue weighted by Gasteiger charge is -2.08. The van der Waals surface area contributed by atoms with Gasteiger partial charge in [0.15, 0.2) is 0 Å². The maximum absolute atomic E-state index is 11.9. The van der Waals surface area contributed by atoms with Crippen LogP contribution >= 0.6 is 0 Å². The highest BCUT2D eigenvalue weighted by Crippen LogP contribution is 2.15. The number of anilines is 1. The normalized spacial score (nSPS) is 10.2. The van der Waals surface area contributed by atoms with Crippen LogP contribution in [-0.2, 0) is 6.54 Å². The molecule has 0 unspecified atom stereocenters. The fraction of sp³-hybridized carbons (Fsp3) is 0.0625. The second-order valence-electron chi connectivity index (χ2n) is 5.12. The van der Waals surface area contributed by atoms with Gasteiger partial charge in [0.2, 0.25) is 0 Å². The first-order chi connectivity index (χ1) is 12.1. The van der Waals surface area contributed by atoms with Gasteiger partial charge in [0.1, 0.15) is 12.7 Å². The summed E-state index contributed by atoms with van der Waals surface area (Å²) in [5, 5.41) is 20.0. The fourth-order valence-corrected chi connectivity index (χ4v) is 2.13. The molecule has 0 bridgehead atoms. The Hall–Kier alpha value is -3.75. The molecule has 0 aliphatic rings. The number of amides is 2. The van der Waals surface area contributed by atoms with Crippen LogP contribution in [-0.4, -0.2) is 25.7 Å². The van der Waals surface area contributed by atoms with Crippen molar-refractivity contribution in [3.63, 3.8) is 0 Å². The number of carbonyl (C=O) groups is 1. The summed E-state index contributed by atoms with van der Waals surface area (Å²) in [6.07, 6.45) is 3.06. The molecule has 9 heteroatoms. The van der Waals surface area contributed by atoms with Crippen molar-refractivity contribution in [3.05, 3.63) is 76.9 Å². The molecule has 2 N–H and O–H groups in total. The number of nitrogens with one attached hydrogen (secondary N) is 2. The Balaban J connectivity index is 1.52. The molecule has 9 nitrogen and oxygen atoms in total. The maximum Gasteiger partial charge on any atom is 0.319 e. The quantitative estimate of drug-likeness (QED) is 0.548. The van der Waals surface area contributed by atoms with E-state index in [1.165, 1.54) is 30.6 Å². The predicted octanol–water partition coefficient (Wildman–Crippen LogP) is 2.50. The number of nitrogens with zero attached hydrogens (tertiary/aromatic N) is 4. The second kappa shape index (κ2) is 7.21. The molecule has 2 aromatic carbocycles. The number of hydrogen-bond donors (Lipinski definition) is 2. The smallest absolute Gasteiger partial charge is 0.319 e. The number of benzene rings is 2. The number of aromatic nitrogens is 3. The van der Waals surface area contributed by atoms with E-state index in [1.807, 2.05) is 24.3 Å². The van der Waals surface area contributed by atoms with E-state index in [9.17, 15) is 14.9 Å². The lowest BCUT2D eigenvalue weighted by Crippen LogP contribution is -2.28. The first kappa shape index (κ1) is 16.1. The van der Waals surface area contributed by atoms with Crippen molar-refractivity contribution in [1.29, 1.82) is 0 Å². The van der Waals surface area contributed by atoms with E-state index in [0.29, 0.717) is 12.2 Å². The van der Waals surface area contributed by atoms with Crippen molar-refractivity contribution in [2.24, 2.45) is 0 Å². The van der Waals surface area contributed by atoms with E-state index in [-0.39, 0.29) is 5.69 Å². The molecule has 0 saturated carbocycles. The van der Waals surface area contributed by atoms with Gasteiger partial charge in [-0.15, -0.1) is 0 Å². The molecule has 0 radical (unpaired) electrons. The summed E-state index contributed by atoms with van der Waals surface area (Å²) in [5.41, 5.74) is 2.24. The van der Waals surface area contributed by atoms with E-state index >= 15 is 0 Å². The lowest BCUT2D eigenvalue weighted by atomic mass is 10.2. The highest BCUT2D eigenvalue weighted by molar-refractivity contribution is 5.89. The van der Waals surface area contributed by atoms with Crippen LogP contribution in [0.5, 0.6) is 0 Å². The summed E-state index contributed by atoms with van der Waals surface area (Å²) in [4.78, 5) is 25.9. The van der Waals surface area contributed by atoms with Gasteiger partial charge in [-0.3, -0.25) is 10.1 Å². The monoisotopic (exact) mass is 338 g/mol. The summed E-state index contributed by atoms with van der Waals surface area (Å²) >= 11 is 0. The van der Waals surface area contributed by atoms with Crippen molar-refractivity contribution >= 4 is 17.4 Å². The Labute approximate surface area is 142 Å². The van der Waals surface area contributed by atoms with Gasteiger partial charge in [0.25, 0.3) is 5.69 Å². The zero-order chi connectivity index (χ0) is 17.6. The van der Waals surface area contributed by atoms with Crippen LogP contribution in [0.25, 0.3) is 5.69 Å². The van der Waals surface area contributed by atoms with Crippen molar-refractivity contribution in [1.82, 2.24) is 20.1 Å². The molecule has 0 spiro atoms. The summed E-state index contributed by atoms with van der Waals surface area (Å²) < 4.78 is 1.64. The van der Waals surface area contributed by atoms with Crippen molar-refractivity contribution in [3.8, 4) is 5.69 Å². The second-order valence-corrected chi connectivity index (χ2v) is 5.12. The summed E-state index contributed by atoms with van der Waals surface area (Å²) in [7, 11) is 0. The van der Waals surface area contributed by atoms with Crippen LogP contribution in [0, 0.1) is 10.1 Å². The van der Waals surface area contributed by atoms with E-state index in [0.717, 1.165) is 11.3 Å². The van der Waals surface area contributed by atoms with E-state index in [2.05, 4.69) is 20.7 Å². The van der Waals surface area contributed by atoms with E-state index in [4.69, 9.17) is 0 Å². The summed E-state index contributed by atoms with van der Waals surface area (Å²) in [6, 6.07) is 12.7. The minimum Gasteiger partial charge on any atom is -0.334 e. The molecule has 1 aromatic heterocycles. The molecule has 3 aromatic rings. The van der Waals surface area contributed by atoms with Gasteiger partial charge >= 0.3 is 6.03 Å². The molecule has 25 heavy (non-hydrogen) atoms. The standard InChI is InChI=1S/C16H14N6O3/c23-16(20-13-3-7-15(8-4-13)22(24)25)18-9-12-1-5-14(6-2-12)21-11-17-10-19-21/h1-8,10-11H,9H2,(H2,18,20,23). The number of nitro groups is 1. The van der Waals surface area contributed by atoms with Gasteiger partial charge in [0.05, 0.1) is 10.6 Å². The molecule has 0 aliphatic heterocycles. The first-order valence-electron chi connectivity index (χ1n) is 7.35. The Kier molecular flexibility index (Phi) is 4.65. The largest absolute Gasteiger partial charge is 0.334 e. The minimum atomic E-state index is -0.493. The first-order valence-corrected chi connectivity index (χ1v) is 7.35. The van der Waals surface area contributed by atoms with Crippen molar-refractivity contribution < 1.29 is 9.72 Å². The predicted molar refractivity (Wildman–Crippen MR) is 90.3 cm³/mol. The van der Waals surface area contributed by atoms with Crippen LogP contribution in [0.4, 0.5) is 16.2 Å². The number of nitro benzene ring substituents is 1. The van der Waals surface area contributed by atoms with Gasteiger partial charge < -0.3 is 10.6 Å². The van der Waals surface area contributed by atoms with Gasteiger partial charge in [-0.2, -0.15) is 5.10 Å². The van der Waals surface area contributed by atoms with Gasteiger partial charge in [-0.05, 0) is 29.8 Å². The molecular formula is C16H14N6O3. The number of urea groups is 1. The zero-order valence-corrected chi connectivity index (χ0v) is 13.0. The van der Waals surface area contributed by atoms with Crippen molar-refractivity contribution in [2.75, 3.05) is 5.32 Å². The molecule has 0 atom stereocenters. The third-order valence-electron chi connectivity index (χ3n) is 3.41. The third kappa shape index (κ3) is 4.16. The van der Waals surface area contributed by atoms with Crippen molar-refractivity contribution in [2.45, 2.75) is 6.54 Å². The highest BCUT2D eigenvalue weighted by atomic mass is 16.6. The van der Waals surface area contributed by atoms with Crippen LogP contribution in [0.15, 0.2) is 61.2 Å². The maximum atomic E-state index is 11.9. The van der Waals surface area contributed by atoms with Crippen LogP contribution in [0.3, 0.4) is 0 Å². The topological polar surface area (TPSA) is 115 Å². The molecular weight excluding hydrogens is 324 g/mol. The Bertz CT molecular complexity index is 860. The average molecular weight is 338 g/mol. The molecule has 0 fully saturated rings. The number of non-ortho nitro benzene ring substituents is 1. The van der Waals surface area contributed by atoms with Gasteiger partial charge in [-0.25, -0.2) is 14.5 Å². The summed E-state index contributed by atoms with van der Waals surface area (Å²) in [5.74, 6) is 0. The highest BCUT2D eigenvalue weighted by Gasteiger charge is 2.06. The third-order valence-corrected chi connectivity index (χ3v) is 3.41. The van der Waals surface area contributed by atoms with Crippen LogP contribution < -0.4 is 10.6 Å². The zero-order valence-electron chi connectivity index (χ0n) is 13.0. The molecule has 0 saturated heterocycles. The molecule has 126 valence electrons. The Morgan fingerprint density at radius 1 is 1.12 bits per heavy atom. The fourth-order valence-electron chi connectivity index (χ4n) is 2.13. The van der Waals surface area contributed by atoms with Crippen LogP contribution in [0.2, 0.25) is 0 Å². The number of hydrogen-bond acceptors (Lipinski definition) is 5. The number of rotatable bonds is 5. The van der Waals surface area contributed by atoms with E-state index in [1.54, 1.807) is 11.0 Å². The number of carbonyl (C=O) groups excluding carboxylic acids is 1. The lowest BCUT2D eigenvalue weighted by molar-refractivity contribution is -0.384. The Morgan fingerprint density at radius 2 is 1.84 bits per heavy atom. The van der Waals surface area contributed by atoms with Crippen LogP contribution in [0.1, 0.15) is 5.56 Å². The molecule has 3 rings (SSSR count). The van der Waals surface area contributed by atoms with Gasteiger partial charge in [0, 0.05) is 24.4 Å². The SMILES string of the molecule is O=C(NCc1ccc(-n2cncn2)cc1)Nc1ccc([N+](=O)[O-])cc1. The molecule has 1 heterocycles. The molecule has 2 amide bonds. The minimum absolute atomic E-state index is 0.0292. The van der Waals surface area contributed by atoms with E-state index < -0.39 is 11.0 Å². The summed E-state index contributed by atoms with van der Waals surface area (Å²) in [6.45, 7) is 0.344. The molecule has 0 aliphatic carbocycles. The van der Waals surface area contributed by atoms with Gasteiger partial charge in [-0.1, -0.05) is 12.1 Å². The Morgan fingerprint density at radius 3 is 2.44 bits per heavy atom.